The van der Waals surface area contributed by atoms with E-state index in [1.807, 2.05) is 0 Å². The third-order valence-electron chi connectivity index (χ3n) is 4.47. The minimum Gasteiger partial charge on any atom is -0.310 e. The number of hydrogen-bond donors (Lipinski definition) is 1. The maximum Gasteiger partial charge on any atom is 0.272 e. The Morgan fingerprint density at radius 3 is 2.75 bits per heavy atom. The van der Waals surface area contributed by atoms with Gasteiger partial charge in [-0.3, -0.25) is 10.1 Å². The summed E-state index contributed by atoms with van der Waals surface area (Å²) in [5, 5.41) is 14.1. The molecule has 1 fully saturated rings. The van der Waals surface area contributed by atoms with E-state index in [0.717, 1.165) is 18.4 Å². The summed E-state index contributed by atoms with van der Waals surface area (Å²) in [6, 6.07) is 4.17. The highest BCUT2D eigenvalue weighted by Gasteiger charge is 2.30. The van der Waals surface area contributed by atoms with Crippen molar-refractivity contribution in [1.82, 2.24) is 5.32 Å². The van der Waals surface area contributed by atoms with Crippen molar-refractivity contribution in [2.24, 2.45) is 11.8 Å². The molecular weight excluding hydrogens is 259 g/mol. The van der Waals surface area contributed by atoms with Crippen molar-refractivity contribution in [3.05, 3.63) is 39.7 Å². The molecule has 4 nitrogen and oxygen atoms in total. The van der Waals surface area contributed by atoms with Crippen LogP contribution in [0.1, 0.15) is 38.7 Å². The number of benzene rings is 1. The number of nitro groups is 1. The van der Waals surface area contributed by atoms with Gasteiger partial charge >= 0.3 is 0 Å². The molecular formula is C15H21FN2O2. The van der Waals surface area contributed by atoms with Crippen LogP contribution in [0.15, 0.2) is 18.2 Å². The van der Waals surface area contributed by atoms with Gasteiger partial charge in [0.2, 0.25) is 0 Å². The first-order valence-corrected chi connectivity index (χ1v) is 7.18. The minimum absolute atomic E-state index is 0.187. The number of nitrogens with zero attached hydrogens (tertiary/aromatic N) is 1. The van der Waals surface area contributed by atoms with Gasteiger partial charge in [-0.25, -0.2) is 4.39 Å². The molecule has 0 radical (unpaired) electrons. The standard InChI is InChI=1S/C15H21FN2O2/c1-3-12-4-5-15(10(12)2)17-9-11-6-13(16)8-14(7-11)18(19)20/h6-8,10,12,15,17H,3-5,9H2,1-2H3. The summed E-state index contributed by atoms with van der Waals surface area (Å²) in [6.45, 7) is 4.93. The van der Waals surface area contributed by atoms with Crippen LogP contribution in [0.3, 0.4) is 0 Å². The molecule has 1 saturated carbocycles. The van der Waals surface area contributed by atoms with Crippen molar-refractivity contribution in [3.8, 4) is 0 Å². The molecule has 0 saturated heterocycles. The maximum absolute atomic E-state index is 13.3. The van der Waals surface area contributed by atoms with E-state index in [4.69, 9.17) is 0 Å². The third kappa shape index (κ3) is 3.33. The lowest BCUT2D eigenvalue weighted by Gasteiger charge is -2.21. The summed E-state index contributed by atoms with van der Waals surface area (Å²) in [4.78, 5) is 10.2. The molecule has 110 valence electrons. The highest BCUT2D eigenvalue weighted by molar-refractivity contribution is 5.35. The average Bonchev–Trinajstić information content (AvgIpc) is 2.76. The third-order valence-corrected chi connectivity index (χ3v) is 4.47. The number of non-ortho nitro benzene ring substituents is 1. The Kier molecular flexibility index (Phi) is 4.70. The van der Waals surface area contributed by atoms with Gasteiger partial charge in [-0.2, -0.15) is 0 Å². The molecule has 1 aliphatic carbocycles. The first-order chi connectivity index (χ1) is 9.51. The Labute approximate surface area is 118 Å². The molecule has 5 heteroatoms. The quantitative estimate of drug-likeness (QED) is 0.661. The zero-order valence-corrected chi connectivity index (χ0v) is 11.9. The van der Waals surface area contributed by atoms with Gasteiger partial charge < -0.3 is 5.32 Å². The molecule has 0 amide bonds. The van der Waals surface area contributed by atoms with Gasteiger partial charge in [0.05, 0.1) is 11.0 Å². The average molecular weight is 280 g/mol. The van der Waals surface area contributed by atoms with Crippen LogP contribution in [0.2, 0.25) is 0 Å². The van der Waals surface area contributed by atoms with E-state index in [9.17, 15) is 14.5 Å². The van der Waals surface area contributed by atoms with Gasteiger partial charge in [0.1, 0.15) is 5.82 Å². The van der Waals surface area contributed by atoms with Crippen molar-refractivity contribution in [2.45, 2.75) is 45.7 Å². The normalized spacial score (nSPS) is 25.9. The fourth-order valence-corrected chi connectivity index (χ4v) is 3.20. The molecule has 3 unspecified atom stereocenters. The Bertz CT molecular complexity index is 493. The number of halogens is 1. The second-order valence-electron chi connectivity index (χ2n) is 5.67. The Balaban J connectivity index is 1.99. The van der Waals surface area contributed by atoms with Crippen molar-refractivity contribution < 1.29 is 9.31 Å². The van der Waals surface area contributed by atoms with Gasteiger partial charge in [0.15, 0.2) is 0 Å². The van der Waals surface area contributed by atoms with Crippen LogP contribution in [0.4, 0.5) is 10.1 Å². The summed E-state index contributed by atoms with van der Waals surface area (Å²) >= 11 is 0. The molecule has 1 N–H and O–H groups in total. The van der Waals surface area contributed by atoms with Crippen LogP contribution >= 0.6 is 0 Å². The first-order valence-electron chi connectivity index (χ1n) is 7.18. The SMILES string of the molecule is CCC1CCC(NCc2cc(F)cc([N+](=O)[O-])c2)C1C. The van der Waals surface area contributed by atoms with Gasteiger partial charge in [-0.1, -0.05) is 20.3 Å². The van der Waals surface area contributed by atoms with E-state index in [1.165, 1.54) is 25.0 Å². The lowest BCUT2D eigenvalue weighted by molar-refractivity contribution is -0.385. The molecule has 1 aromatic carbocycles. The number of nitro benzene ring substituents is 1. The smallest absolute Gasteiger partial charge is 0.272 e. The second kappa shape index (κ2) is 6.31. The Morgan fingerprint density at radius 2 is 2.15 bits per heavy atom. The van der Waals surface area contributed by atoms with Crippen LogP contribution in [0.5, 0.6) is 0 Å². The summed E-state index contributed by atoms with van der Waals surface area (Å²) in [5.74, 6) is 0.791. The highest BCUT2D eigenvalue weighted by atomic mass is 19.1. The van der Waals surface area contributed by atoms with Crippen LogP contribution in [-0.4, -0.2) is 11.0 Å². The van der Waals surface area contributed by atoms with E-state index in [1.54, 1.807) is 0 Å². The number of nitrogens with one attached hydrogen (secondary N) is 1. The monoisotopic (exact) mass is 280 g/mol. The maximum atomic E-state index is 13.3. The zero-order chi connectivity index (χ0) is 14.7. The van der Waals surface area contributed by atoms with Crippen molar-refractivity contribution in [3.63, 3.8) is 0 Å². The molecule has 0 aliphatic heterocycles. The fraction of sp³-hybridized carbons (Fsp3) is 0.600. The number of hydrogen-bond acceptors (Lipinski definition) is 3. The molecule has 1 aliphatic rings. The first kappa shape index (κ1) is 14.9. The van der Waals surface area contributed by atoms with Crippen molar-refractivity contribution in [2.75, 3.05) is 0 Å². The molecule has 0 bridgehead atoms. The predicted molar refractivity (Wildman–Crippen MR) is 75.9 cm³/mol. The zero-order valence-electron chi connectivity index (χ0n) is 11.9. The molecule has 20 heavy (non-hydrogen) atoms. The molecule has 3 atom stereocenters. The van der Waals surface area contributed by atoms with Gasteiger partial charge in [0.25, 0.3) is 5.69 Å². The van der Waals surface area contributed by atoms with Gasteiger partial charge in [-0.05, 0) is 36.3 Å². The summed E-state index contributed by atoms with van der Waals surface area (Å²) in [7, 11) is 0. The van der Waals surface area contributed by atoms with E-state index in [-0.39, 0.29) is 5.69 Å². The molecule has 0 aromatic heterocycles. The van der Waals surface area contributed by atoms with Crippen molar-refractivity contribution in [1.29, 1.82) is 0 Å². The summed E-state index contributed by atoms with van der Waals surface area (Å²) < 4.78 is 13.3. The Morgan fingerprint density at radius 1 is 1.40 bits per heavy atom. The van der Waals surface area contributed by atoms with Gasteiger partial charge in [0, 0.05) is 18.7 Å². The highest BCUT2D eigenvalue weighted by Crippen LogP contribution is 2.34. The minimum atomic E-state index is -0.558. The molecule has 0 spiro atoms. The largest absolute Gasteiger partial charge is 0.310 e. The Hall–Kier alpha value is -1.49. The van der Waals surface area contributed by atoms with Crippen LogP contribution in [-0.2, 0) is 6.54 Å². The van der Waals surface area contributed by atoms with E-state index < -0.39 is 10.7 Å². The molecule has 1 aromatic rings. The lowest BCUT2D eigenvalue weighted by atomic mass is 9.93. The van der Waals surface area contributed by atoms with Crippen LogP contribution < -0.4 is 5.32 Å². The fourth-order valence-electron chi connectivity index (χ4n) is 3.20. The molecule has 0 heterocycles. The molecule has 2 rings (SSSR count). The second-order valence-corrected chi connectivity index (χ2v) is 5.67. The van der Waals surface area contributed by atoms with E-state index >= 15 is 0 Å². The number of rotatable bonds is 5. The topological polar surface area (TPSA) is 55.2 Å². The predicted octanol–water partition coefficient (Wildman–Crippen LogP) is 3.65. The van der Waals surface area contributed by atoms with E-state index in [2.05, 4.69) is 19.2 Å². The summed E-state index contributed by atoms with van der Waals surface area (Å²) in [5.41, 5.74) is 0.441. The lowest BCUT2D eigenvalue weighted by Crippen LogP contribution is -2.32. The van der Waals surface area contributed by atoms with Gasteiger partial charge in [-0.15, -0.1) is 0 Å². The van der Waals surface area contributed by atoms with E-state index in [0.29, 0.717) is 24.1 Å². The van der Waals surface area contributed by atoms with Crippen LogP contribution in [0.25, 0.3) is 0 Å². The summed E-state index contributed by atoms with van der Waals surface area (Å²) in [6.07, 6.45) is 3.53. The van der Waals surface area contributed by atoms with Crippen molar-refractivity contribution >= 4 is 5.69 Å². The van der Waals surface area contributed by atoms with Crippen LogP contribution in [0, 0.1) is 27.8 Å².